The van der Waals surface area contributed by atoms with Crippen molar-refractivity contribution in [1.82, 2.24) is 15.1 Å². The van der Waals surface area contributed by atoms with Gasteiger partial charge in [0.25, 0.3) is 0 Å². The first kappa shape index (κ1) is 12.3. The van der Waals surface area contributed by atoms with Crippen LogP contribution >= 0.6 is 0 Å². The molecule has 18 heavy (non-hydrogen) atoms. The van der Waals surface area contributed by atoms with Gasteiger partial charge in [-0.3, -0.25) is 10.00 Å². The topological polar surface area (TPSA) is 53.6 Å². The average Bonchev–Trinajstić information content (AvgIpc) is 2.89. The Labute approximate surface area is 107 Å². The Bertz CT molecular complexity index is 524. The third-order valence-corrected chi connectivity index (χ3v) is 2.79. The molecule has 0 aliphatic rings. The summed E-state index contributed by atoms with van der Waals surface area (Å²) in [7, 11) is 0. The van der Waals surface area contributed by atoms with Crippen LogP contribution in [0.15, 0.2) is 42.7 Å². The maximum Gasteiger partial charge on any atom is 0.124 e. The summed E-state index contributed by atoms with van der Waals surface area (Å²) in [4.78, 5) is 0. The summed E-state index contributed by atoms with van der Waals surface area (Å²) in [6, 6.07) is 12.0. The van der Waals surface area contributed by atoms with Gasteiger partial charge in [-0.25, -0.2) is 0 Å². The highest BCUT2D eigenvalue weighted by Gasteiger charge is 2.11. The molecule has 4 heteroatoms. The van der Waals surface area contributed by atoms with Crippen molar-refractivity contribution in [3.63, 3.8) is 0 Å². The standard InChI is InChI=1S/C14H16N4/c1-2-18-11-13(10-17-18)14(8-15)16-9-12-6-4-3-5-7-12/h3-7,10-11,14,16H,2,9H2,1H3. The van der Waals surface area contributed by atoms with Crippen LogP contribution in [0.4, 0.5) is 0 Å². The lowest BCUT2D eigenvalue weighted by Gasteiger charge is -2.09. The summed E-state index contributed by atoms with van der Waals surface area (Å²) in [5.41, 5.74) is 2.08. The van der Waals surface area contributed by atoms with Crippen molar-refractivity contribution in [3.05, 3.63) is 53.9 Å². The van der Waals surface area contributed by atoms with Gasteiger partial charge < -0.3 is 0 Å². The van der Waals surface area contributed by atoms with E-state index in [4.69, 9.17) is 0 Å². The fraction of sp³-hybridized carbons (Fsp3) is 0.286. The Hall–Kier alpha value is -2.12. The lowest BCUT2D eigenvalue weighted by atomic mass is 10.1. The Morgan fingerprint density at radius 3 is 2.78 bits per heavy atom. The van der Waals surface area contributed by atoms with Crippen LogP contribution in [0, 0.1) is 11.3 Å². The van der Waals surface area contributed by atoms with Crippen LogP contribution in [0.2, 0.25) is 0 Å². The molecule has 1 aromatic heterocycles. The van der Waals surface area contributed by atoms with E-state index in [0.29, 0.717) is 6.54 Å². The molecule has 0 aliphatic heterocycles. The maximum absolute atomic E-state index is 9.19. The minimum Gasteiger partial charge on any atom is -0.294 e. The SMILES string of the molecule is CCn1cc(C(C#N)NCc2ccccc2)cn1. The minimum atomic E-state index is -0.314. The van der Waals surface area contributed by atoms with Gasteiger partial charge in [-0.1, -0.05) is 30.3 Å². The Balaban J connectivity index is 2.00. The predicted octanol–water partition coefficient (Wildman–Crippen LogP) is 2.26. The first-order valence-electron chi connectivity index (χ1n) is 6.02. The van der Waals surface area contributed by atoms with Crippen molar-refractivity contribution in [2.45, 2.75) is 26.1 Å². The summed E-state index contributed by atoms with van der Waals surface area (Å²) in [5, 5.41) is 16.6. The highest BCUT2D eigenvalue weighted by molar-refractivity contribution is 5.20. The van der Waals surface area contributed by atoms with E-state index >= 15 is 0 Å². The molecule has 1 aromatic carbocycles. The number of rotatable bonds is 5. The summed E-state index contributed by atoms with van der Waals surface area (Å²) in [6.07, 6.45) is 3.65. The molecule has 1 heterocycles. The molecule has 1 N–H and O–H groups in total. The van der Waals surface area contributed by atoms with Gasteiger partial charge in [-0.2, -0.15) is 10.4 Å². The number of nitrogens with one attached hydrogen (secondary N) is 1. The number of hydrogen-bond acceptors (Lipinski definition) is 3. The fourth-order valence-electron chi connectivity index (χ4n) is 1.76. The van der Waals surface area contributed by atoms with Crippen molar-refractivity contribution < 1.29 is 0 Å². The van der Waals surface area contributed by atoms with E-state index in [-0.39, 0.29) is 6.04 Å². The van der Waals surface area contributed by atoms with Crippen molar-refractivity contribution in [1.29, 1.82) is 5.26 Å². The summed E-state index contributed by atoms with van der Waals surface area (Å²) in [6.45, 7) is 3.52. The zero-order chi connectivity index (χ0) is 12.8. The normalized spacial score (nSPS) is 12.0. The first-order valence-corrected chi connectivity index (χ1v) is 6.02. The van der Waals surface area contributed by atoms with Gasteiger partial charge in [0.2, 0.25) is 0 Å². The molecule has 2 aromatic rings. The van der Waals surface area contributed by atoms with Gasteiger partial charge >= 0.3 is 0 Å². The van der Waals surface area contributed by atoms with Crippen LogP contribution in [-0.2, 0) is 13.1 Å². The second kappa shape index (κ2) is 5.99. The van der Waals surface area contributed by atoms with Gasteiger partial charge in [0, 0.05) is 24.8 Å². The highest BCUT2D eigenvalue weighted by Crippen LogP contribution is 2.12. The van der Waals surface area contributed by atoms with E-state index in [0.717, 1.165) is 12.1 Å². The zero-order valence-electron chi connectivity index (χ0n) is 10.4. The van der Waals surface area contributed by atoms with Gasteiger partial charge in [-0.15, -0.1) is 0 Å². The molecule has 0 radical (unpaired) electrons. The molecule has 92 valence electrons. The average molecular weight is 240 g/mol. The molecule has 1 atom stereocenters. The Kier molecular flexibility index (Phi) is 4.11. The van der Waals surface area contributed by atoms with E-state index in [1.165, 1.54) is 5.56 Å². The van der Waals surface area contributed by atoms with E-state index < -0.39 is 0 Å². The van der Waals surface area contributed by atoms with Gasteiger partial charge in [0.05, 0.1) is 12.3 Å². The van der Waals surface area contributed by atoms with Gasteiger partial charge in [0.1, 0.15) is 6.04 Å². The van der Waals surface area contributed by atoms with Crippen LogP contribution < -0.4 is 5.32 Å². The third kappa shape index (κ3) is 2.96. The lowest BCUT2D eigenvalue weighted by molar-refractivity contribution is 0.625. The molecule has 0 aliphatic carbocycles. The van der Waals surface area contributed by atoms with E-state index in [2.05, 4.69) is 16.5 Å². The fourth-order valence-corrected chi connectivity index (χ4v) is 1.76. The number of aromatic nitrogens is 2. The van der Waals surface area contributed by atoms with Crippen LogP contribution in [0.3, 0.4) is 0 Å². The van der Waals surface area contributed by atoms with Crippen LogP contribution in [0.5, 0.6) is 0 Å². The number of hydrogen-bond donors (Lipinski definition) is 1. The van der Waals surface area contributed by atoms with Gasteiger partial charge in [0.15, 0.2) is 0 Å². The number of nitrogens with zero attached hydrogens (tertiary/aromatic N) is 3. The molecule has 0 spiro atoms. The molecule has 0 amide bonds. The third-order valence-electron chi connectivity index (χ3n) is 2.79. The molecule has 2 rings (SSSR count). The molecule has 0 bridgehead atoms. The van der Waals surface area contributed by atoms with E-state index in [9.17, 15) is 5.26 Å². The van der Waals surface area contributed by atoms with E-state index in [1.807, 2.05) is 48.1 Å². The number of benzene rings is 1. The van der Waals surface area contributed by atoms with Crippen molar-refractivity contribution in [2.75, 3.05) is 0 Å². The minimum absolute atomic E-state index is 0.314. The second-order valence-corrected chi connectivity index (χ2v) is 4.06. The zero-order valence-corrected chi connectivity index (χ0v) is 10.4. The number of nitriles is 1. The second-order valence-electron chi connectivity index (χ2n) is 4.06. The summed E-state index contributed by atoms with van der Waals surface area (Å²) in [5.74, 6) is 0. The summed E-state index contributed by atoms with van der Waals surface area (Å²) >= 11 is 0. The van der Waals surface area contributed by atoms with Crippen molar-refractivity contribution in [2.24, 2.45) is 0 Å². The van der Waals surface area contributed by atoms with Crippen molar-refractivity contribution >= 4 is 0 Å². The molecule has 0 saturated carbocycles. The molecule has 0 fully saturated rings. The first-order chi connectivity index (χ1) is 8.83. The summed E-state index contributed by atoms with van der Waals surface area (Å²) < 4.78 is 1.82. The van der Waals surface area contributed by atoms with Gasteiger partial charge in [-0.05, 0) is 12.5 Å². The van der Waals surface area contributed by atoms with E-state index in [1.54, 1.807) is 6.20 Å². The van der Waals surface area contributed by atoms with Crippen LogP contribution in [0.25, 0.3) is 0 Å². The Morgan fingerprint density at radius 1 is 1.39 bits per heavy atom. The van der Waals surface area contributed by atoms with Crippen molar-refractivity contribution in [3.8, 4) is 6.07 Å². The molecule has 0 saturated heterocycles. The largest absolute Gasteiger partial charge is 0.294 e. The molecule has 4 nitrogen and oxygen atoms in total. The smallest absolute Gasteiger partial charge is 0.124 e. The monoisotopic (exact) mass is 240 g/mol. The predicted molar refractivity (Wildman–Crippen MR) is 69.5 cm³/mol. The molecule has 1 unspecified atom stereocenters. The molecular weight excluding hydrogens is 224 g/mol. The lowest BCUT2D eigenvalue weighted by Crippen LogP contribution is -2.19. The Morgan fingerprint density at radius 2 is 2.17 bits per heavy atom. The van der Waals surface area contributed by atoms with Crippen LogP contribution in [-0.4, -0.2) is 9.78 Å². The maximum atomic E-state index is 9.19. The number of aryl methyl sites for hydroxylation is 1. The highest BCUT2D eigenvalue weighted by atomic mass is 15.3. The molecular formula is C14H16N4. The quantitative estimate of drug-likeness (QED) is 0.872. The van der Waals surface area contributed by atoms with Crippen LogP contribution in [0.1, 0.15) is 24.1 Å².